The van der Waals surface area contributed by atoms with Gasteiger partial charge in [-0.05, 0) is 45.0 Å². The third-order valence-electron chi connectivity index (χ3n) is 2.83. The molecule has 0 saturated heterocycles. The molecule has 2 rings (SSSR count). The lowest BCUT2D eigenvalue weighted by molar-refractivity contribution is 0.0584. The van der Waals surface area contributed by atoms with Crippen molar-refractivity contribution < 1.29 is 24.5 Å². The van der Waals surface area contributed by atoms with Crippen molar-refractivity contribution in [1.29, 1.82) is 0 Å². The van der Waals surface area contributed by atoms with E-state index < -0.39 is 17.6 Å². The van der Waals surface area contributed by atoms with Crippen molar-refractivity contribution in [2.24, 2.45) is 10.2 Å². The van der Waals surface area contributed by atoms with Crippen molar-refractivity contribution in [1.82, 2.24) is 4.57 Å². The van der Waals surface area contributed by atoms with Crippen LogP contribution in [0.15, 0.2) is 46.6 Å². The van der Waals surface area contributed by atoms with E-state index in [9.17, 15) is 19.8 Å². The number of aromatic hydroxyl groups is 2. The van der Waals surface area contributed by atoms with Crippen LogP contribution in [-0.4, -0.2) is 32.4 Å². The minimum atomic E-state index is -0.949. The van der Waals surface area contributed by atoms with Gasteiger partial charge in [-0.15, -0.1) is 0 Å². The molecule has 1 heterocycles. The summed E-state index contributed by atoms with van der Waals surface area (Å²) in [4.78, 5) is 23.3. The van der Waals surface area contributed by atoms with Gasteiger partial charge in [0.2, 0.25) is 0 Å². The molecule has 0 radical (unpaired) electrons. The maximum Gasteiger partial charge on any atom is 0.453 e. The predicted molar refractivity (Wildman–Crippen MR) is 84.5 cm³/mol. The number of azo groups is 1. The molecule has 0 aliphatic heterocycles. The van der Waals surface area contributed by atoms with Gasteiger partial charge in [-0.2, -0.15) is 0 Å². The van der Waals surface area contributed by atoms with Crippen molar-refractivity contribution in [2.45, 2.75) is 26.4 Å². The summed E-state index contributed by atoms with van der Waals surface area (Å²) < 4.78 is 6.10. The van der Waals surface area contributed by atoms with Crippen LogP contribution in [0.3, 0.4) is 0 Å². The Labute approximate surface area is 138 Å². The number of ether oxygens (including phenoxy) is 1. The van der Waals surface area contributed by atoms with Crippen LogP contribution < -0.4 is 0 Å². The largest absolute Gasteiger partial charge is 0.494 e. The predicted octanol–water partition coefficient (Wildman–Crippen LogP) is 3.42. The van der Waals surface area contributed by atoms with Crippen molar-refractivity contribution in [3.05, 3.63) is 42.0 Å². The monoisotopic (exact) mass is 331 g/mol. The second kappa shape index (κ2) is 6.53. The topological polar surface area (TPSA) is 113 Å². The highest BCUT2D eigenvalue weighted by molar-refractivity contribution is 5.95. The molecule has 24 heavy (non-hydrogen) atoms. The standard InChI is InChI=1S/C16H17N3O5/c1-16(2,3)24-15(23)18-17-14(22)10-4-6-11(7-5-10)19-12(20)8-9-13(19)21/h4-9,20-21H,1-3H3. The number of hydrogen-bond donors (Lipinski definition) is 2. The molecule has 2 N–H and O–H groups in total. The van der Waals surface area contributed by atoms with E-state index in [1.54, 1.807) is 20.8 Å². The molecule has 0 fully saturated rings. The summed E-state index contributed by atoms with van der Waals surface area (Å²) in [6, 6.07) is 8.56. The molecule has 126 valence electrons. The summed E-state index contributed by atoms with van der Waals surface area (Å²) in [6.45, 7) is 5.02. The van der Waals surface area contributed by atoms with E-state index >= 15 is 0 Å². The number of carbonyl (C=O) groups is 2. The number of nitrogens with zero attached hydrogens (tertiary/aromatic N) is 3. The lowest BCUT2D eigenvalue weighted by Crippen LogP contribution is -2.21. The zero-order valence-corrected chi connectivity index (χ0v) is 13.4. The fraction of sp³-hybridized carbons (Fsp3) is 0.250. The molecule has 1 aromatic carbocycles. The Morgan fingerprint density at radius 1 is 0.958 bits per heavy atom. The van der Waals surface area contributed by atoms with E-state index in [1.165, 1.54) is 41.0 Å². The summed E-state index contributed by atoms with van der Waals surface area (Å²) >= 11 is 0. The Morgan fingerprint density at radius 3 is 2.00 bits per heavy atom. The molecule has 1 aromatic heterocycles. The molecule has 0 atom stereocenters. The van der Waals surface area contributed by atoms with Crippen LogP contribution in [0.4, 0.5) is 4.79 Å². The quantitative estimate of drug-likeness (QED) is 0.819. The van der Waals surface area contributed by atoms with Gasteiger partial charge in [-0.25, -0.2) is 4.79 Å². The van der Waals surface area contributed by atoms with E-state index in [1.807, 2.05) is 0 Å². The third-order valence-corrected chi connectivity index (χ3v) is 2.83. The summed E-state index contributed by atoms with van der Waals surface area (Å²) in [6.07, 6.45) is -0.949. The second-order valence-electron chi connectivity index (χ2n) is 5.92. The number of benzene rings is 1. The lowest BCUT2D eigenvalue weighted by atomic mass is 10.2. The highest BCUT2D eigenvalue weighted by atomic mass is 16.6. The van der Waals surface area contributed by atoms with Crippen LogP contribution in [0.5, 0.6) is 11.8 Å². The molecule has 0 bridgehead atoms. The SMILES string of the molecule is CC(C)(C)OC(=O)N=NC(=O)c1ccc(-n2c(O)ccc2O)cc1. The lowest BCUT2D eigenvalue weighted by Gasteiger charge is -2.16. The Hall–Kier alpha value is -3.16. The van der Waals surface area contributed by atoms with Gasteiger partial charge in [0, 0.05) is 17.7 Å². The van der Waals surface area contributed by atoms with E-state index in [2.05, 4.69) is 10.2 Å². The van der Waals surface area contributed by atoms with Crippen LogP contribution >= 0.6 is 0 Å². The molecule has 0 aliphatic carbocycles. The molecule has 2 aromatic rings. The van der Waals surface area contributed by atoms with Crippen molar-refractivity contribution in [3.8, 4) is 17.4 Å². The average molecular weight is 331 g/mol. The van der Waals surface area contributed by atoms with E-state index in [0.717, 1.165) is 0 Å². The molecular weight excluding hydrogens is 314 g/mol. The maximum atomic E-state index is 11.9. The highest BCUT2D eigenvalue weighted by Crippen LogP contribution is 2.26. The first-order chi connectivity index (χ1) is 11.2. The Balaban J connectivity index is 2.11. The van der Waals surface area contributed by atoms with E-state index in [4.69, 9.17) is 4.74 Å². The minimum absolute atomic E-state index is 0.142. The molecule has 0 aliphatic rings. The van der Waals surface area contributed by atoms with Crippen LogP contribution in [0.1, 0.15) is 31.1 Å². The molecular formula is C16H17N3O5. The summed E-state index contributed by atoms with van der Waals surface area (Å²) in [5, 5.41) is 25.8. The fourth-order valence-electron chi connectivity index (χ4n) is 1.86. The van der Waals surface area contributed by atoms with Crippen LogP contribution in [-0.2, 0) is 4.74 Å². The van der Waals surface area contributed by atoms with Crippen LogP contribution in [0.25, 0.3) is 5.69 Å². The molecule has 8 heteroatoms. The fourth-order valence-corrected chi connectivity index (χ4v) is 1.86. The van der Waals surface area contributed by atoms with Crippen LogP contribution in [0.2, 0.25) is 0 Å². The first-order valence-corrected chi connectivity index (χ1v) is 7.06. The van der Waals surface area contributed by atoms with Gasteiger partial charge in [0.05, 0.1) is 5.69 Å². The Kier molecular flexibility index (Phi) is 4.68. The van der Waals surface area contributed by atoms with Crippen molar-refractivity contribution >= 4 is 12.0 Å². The summed E-state index contributed by atoms with van der Waals surface area (Å²) in [5.41, 5.74) is -0.0745. The van der Waals surface area contributed by atoms with Gasteiger partial charge in [0.1, 0.15) is 5.60 Å². The number of hydrogen-bond acceptors (Lipinski definition) is 5. The van der Waals surface area contributed by atoms with Gasteiger partial charge < -0.3 is 14.9 Å². The normalized spacial score (nSPS) is 11.6. The smallest absolute Gasteiger partial charge is 0.453 e. The first-order valence-electron chi connectivity index (χ1n) is 7.06. The number of aromatic nitrogens is 1. The van der Waals surface area contributed by atoms with Crippen LogP contribution in [0, 0.1) is 0 Å². The highest BCUT2D eigenvalue weighted by Gasteiger charge is 2.16. The van der Waals surface area contributed by atoms with Crippen molar-refractivity contribution in [2.75, 3.05) is 0 Å². The zero-order valence-electron chi connectivity index (χ0n) is 13.4. The maximum absolute atomic E-state index is 11.9. The Bertz CT molecular complexity index is 766. The first kappa shape index (κ1) is 17.2. The summed E-state index contributed by atoms with van der Waals surface area (Å²) in [7, 11) is 0. The van der Waals surface area contributed by atoms with E-state index in [0.29, 0.717) is 5.69 Å². The second-order valence-corrected chi connectivity index (χ2v) is 5.92. The number of amides is 2. The Morgan fingerprint density at radius 2 is 1.50 bits per heavy atom. The molecule has 0 unspecified atom stereocenters. The molecule has 0 saturated carbocycles. The minimum Gasteiger partial charge on any atom is -0.494 e. The third kappa shape index (κ3) is 4.19. The van der Waals surface area contributed by atoms with Gasteiger partial charge in [0.15, 0.2) is 11.8 Å². The van der Waals surface area contributed by atoms with Gasteiger partial charge in [-0.3, -0.25) is 9.36 Å². The molecule has 8 nitrogen and oxygen atoms in total. The average Bonchev–Trinajstić information content (AvgIpc) is 2.82. The van der Waals surface area contributed by atoms with E-state index in [-0.39, 0.29) is 17.3 Å². The zero-order chi connectivity index (χ0) is 17.9. The number of carbonyl (C=O) groups excluding carboxylic acids is 2. The van der Waals surface area contributed by atoms with Crippen molar-refractivity contribution in [3.63, 3.8) is 0 Å². The van der Waals surface area contributed by atoms with Gasteiger partial charge in [-0.1, -0.05) is 10.2 Å². The molecule has 0 spiro atoms. The van der Waals surface area contributed by atoms with Gasteiger partial charge >= 0.3 is 6.09 Å². The summed E-state index contributed by atoms with van der Waals surface area (Å²) in [5.74, 6) is -0.999. The van der Waals surface area contributed by atoms with Gasteiger partial charge in [0.25, 0.3) is 5.91 Å². The number of rotatable bonds is 2. The molecule has 2 amide bonds.